The van der Waals surface area contributed by atoms with Crippen LogP contribution in [-0.2, 0) is 6.42 Å². The quantitative estimate of drug-likeness (QED) is 0.396. The Hall–Kier alpha value is -3.60. The average molecular weight is 447 g/mol. The molecule has 0 bridgehead atoms. The number of hydrogen-bond acceptors (Lipinski definition) is 4. The van der Waals surface area contributed by atoms with E-state index in [2.05, 4.69) is 26.9 Å². The highest BCUT2D eigenvalue weighted by molar-refractivity contribution is 5.94. The summed E-state index contributed by atoms with van der Waals surface area (Å²) < 4.78 is 43.3. The number of benzene rings is 2. The molecule has 0 saturated heterocycles. The van der Waals surface area contributed by atoms with Gasteiger partial charge in [0.2, 0.25) is 0 Å². The molecule has 5 nitrogen and oxygen atoms in total. The van der Waals surface area contributed by atoms with E-state index in [1.54, 1.807) is 17.4 Å². The summed E-state index contributed by atoms with van der Waals surface area (Å²) in [7, 11) is 0. The molecule has 6 rings (SSSR count). The zero-order valence-corrected chi connectivity index (χ0v) is 17.9. The second kappa shape index (κ2) is 7.20. The number of fused-ring (bicyclic) bond motifs is 4. The predicted molar refractivity (Wildman–Crippen MR) is 119 cm³/mol. The van der Waals surface area contributed by atoms with Gasteiger partial charge in [-0.2, -0.15) is 4.98 Å². The van der Waals surface area contributed by atoms with Crippen LogP contribution in [0, 0.1) is 30.0 Å². The molecule has 0 radical (unpaired) electrons. The number of para-hydroxylation sites is 1. The van der Waals surface area contributed by atoms with Crippen LogP contribution in [0.2, 0.25) is 0 Å². The summed E-state index contributed by atoms with van der Waals surface area (Å²) in [6, 6.07) is 10.7. The van der Waals surface area contributed by atoms with Gasteiger partial charge in [-0.15, -0.1) is 10.2 Å². The molecule has 2 aromatic carbocycles. The van der Waals surface area contributed by atoms with E-state index < -0.39 is 11.8 Å². The molecule has 0 atom stereocenters. The monoisotopic (exact) mass is 447 g/mol. The molecular formula is C25H20F3N5. The van der Waals surface area contributed by atoms with Crippen molar-refractivity contribution in [2.45, 2.75) is 39.0 Å². The van der Waals surface area contributed by atoms with E-state index in [9.17, 15) is 13.2 Å². The fourth-order valence-corrected chi connectivity index (χ4v) is 4.66. The van der Waals surface area contributed by atoms with Crippen molar-refractivity contribution in [2.75, 3.05) is 11.4 Å². The van der Waals surface area contributed by atoms with Gasteiger partial charge in [-0.3, -0.25) is 4.40 Å². The Kier molecular flexibility index (Phi) is 4.37. The molecule has 2 aromatic heterocycles. The van der Waals surface area contributed by atoms with Crippen molar-refractivity contribution in [3.8, 4) is 11.8 Å². The number of anilines is 2. The van der Waals surface area contributed by atoms with Crippen LogP contribution in [0.25, 0.3) is 16.7 Å². The first-order valence-corrected chi connectivity index (χ1v) is 11.0. The first-order chi connectivity index (χ1) is 16.0. The molecule has 33 heavy (non-hydrogen) atoms. The van der Waals surface area contributed by atoms with E-state index in [-0.39, 0.29) is 5.82 Å². The van der Waals surface area contributed by atoms with Crippen molar-refractivity contribution >= 4 is 28.2 Å². The number of halogens is 3. The third-order valence-corrected chi connectivity index (χ3v) is 6.62. The van der Waals surface area contributed by atoms with Crippen LogP contribution in [-0.4, -0.2) is 32.6 Å². The highest BCUT2D eigenvalue weighted by atomic mass is 19.3. The predicted octanol–water partition coefficient (Wildman–Crippen LogP) is 5.21. The third kappa shape index (κ3) is 3.06. The molecule has 1 aliphatic heterocycles. The second-order valence-corrected chi connectivity index (χ2v) is 8.72. The summed E-state index contributed by atoms with van der Waals surface area (Å²) in [6.07, 6.45) is 0.0820. The molecule has 0 N–H and O–H groups in total. The molecule has 3 heterocycles. The maximum Gasteiger partial charge on any atom is 0.257 e. The summed E-state index contributed by atoms with van der Waals surface area (Å²) >= 11 is 0. The summed E-state index contributed by atoms with van der Waals surface area (Å²) in [5.41, 5.74) is 1.91. The Morgan fingerprint density at radius 2 is 1.91 bits per heavy atom. The highest BCUT2D eigenvalue weighted by Crippen LogP contribution is 2.50. The van der Waals surface area contributed by atoms with Gasteiger partial charge < -0.3 is 4.90 Å². The molecule has 8 heteroatoms. The maximum atomic E-state index is 15.0. The van der Waals surface area contributed by atoms with Crippen molar-refractivity contribution in [1.82, 2.24) is 19.6 Å². The van der Waals surface area contributed by atoms with Gasteiger partial charge in [-0.25, -0.2) is 13.2 Å². The van der Waals surface area contributed by atoms with Gasteiger partial charge in [-0.05, 0) is 62.4 Å². The Balaban J connectivity index is 1.53. The van der Waals surface area contributed by atoms with Crippen molar-refractivity contribution in [3.63, 3.8) is 0 Å². The largest absolute Gasteiger partial charge is 0.325 e. The van der Waals surface area contributed by atoms with Gasteiger partial charge in [0.25, 0.3) is 12.2 Å². The number of nitrogens with zero attached hydrogens (tertiary/aromatic N) is 5. The van der Waals surface area contributed by atoms with Crippen molar-refractivity contribution in [1.29, 1.82) is 0 Å². The smallest absolute Gasteiger partial charge is 0.257 e. The van der Waals surface area contributed by atoms with Gasteiger partial charge in [0.1, 0.15) is 17.5 Å². The maximum absolute atomic E-state index is 15.0. The van der Waals surface area contributed by atoms with E-state index in [1.807, 2.05) is 24.3 Å². The number of rotatable bonds is 2. The van der Waals surface area contributed by atoms with Gasteiger partial charge in [0.15, 0.2) is 0 Å². The van der Waals surface area contributed by atoms with Gasteiger partial charge in [-0.1, -0.05) is 24.0 Å². The van der Waals surface area contributed by atoms with E-state index in [4.69, 9.17) is 4.98 Å². The molecule has 0 unspecified atom stereocenters. The minimum atomic E-state index is -2.43. The van der Waals surface area contributed by atoms with Crippen LogP contribution < -0.4 is 4.90 Å². The average Bonchev–Trinajstić information content (AvgIpc) is 3.53. The first-order valence-electron chi connectivity index (χ1n) is 11.0. The Bertz CT molecular complexity index is 1480. The summed E-state index contributed by atoms with van der Waals surface area (Å²) in [5.74, 6) is 7.01. The number of alkyl halides is 2. The molecule has 1 saturated carbocycles. The van der Waals surface area contributed by atoms with E-state index >= 15 is 0 Å². The van der Waals surface area contributed by atoms with Gasteiger partial charge >= 0.3 is 0 Å². The zero-order valence-electron chi connectivity index (χ0n) is 17.9. The van der Waals surface area contributed by atoms with Crippen LogP contribution >= 0.6 is 0 Å². The Morgan fingerprint density at radius 1 is 1.09 bits per heavy atom. The summed E-state index contributed by atoms with van der Waals surface area (Å²) in [5, 5.41) is 8.88. The van der Waals surface area contributed by atoms with Crippen molar-refractivity contribution < 1.29 is 13.2 Å². The standard InChI is InChI=1S/C25H20F3N5/c1-15-30-31-24-29-22(18-6-3-8-19(26)21(18)33(15)24)32-14-4-7-17-16(5-2-9-20(17)32)10-11-25(12-13-25)23(27)28/h2-3,5-6,8-9,23H,4,7,12-14H2,1H3. The fourth-order valence-electron chi connectivity index (χ4n) is 4.66. The van der Waals surface area contributed by atoms with E-state index in [0.717, 1.165) is 29.7 Å². The lowest BCUT2D eigenvalue weighted by atomic mass is 9.95. The fraction of sp³-hybridized carbons (Fsp3) is 0.320. The molecule has 2 aliphatic rings. The van der Waals surface area contributed by atoms with Crippen LogP contribution in [0.4, 0.5) is 24.7 Å². The van der Waals surface area contributed by atoms with Gasteiger partial charge in [0, 0.05) is 23.2 Å². The molecular weight excluding hydrogens is 427 g/mol. The van der Waals surface area contributed by atoms with Gasteiger partial charge in [0.05, 0.1) is 10.9 Å². The molecule has 166 valence electrons. The van der Waals surface area contributed by atoms with Crippen LogP contribution in [0.5, 0.6) is 0 Å². The lowest BCUT2D eigenvalue weighted by Crippen LogP contribution is -2.26. The molecule has 1 aliphatic carbocycles. The van der Waals surface area contributed by atoms with E-state index in [1.165, 1.54) is 6.07 Å². The molecule has 0 spiro atoms. The first kappa shape index (κ1) is 20.0. The van der Waals surface area contributed by atoms with Crippen LogP contribution in [0.3, 0.4) is 0 Å². The number of hydrogen-bond donors (Lipinski definition) is 0. The summed E-state index contributed by atoms with van der Waals surface area (Å²) in [6.45, 7) is 2.45. The van der Waals surface area contributed by atoms with Crippen LogP contribution in [0.15, 0.2) is 36.4 Å². The van der Waals surface area contributed by atoms with Crippen LogP contribution in [0.1, 0.15) is 36.2 Å². The normalized spacial score (nSPS) is 16.7. The minimum Gasteiger partial charge on any atom is -0.325 e. The SMILES string of the molecule is Cc1nnc2nc(N3CCCc4c(C#CC5(C(F)F)CC5)cccc43)c3cccc(F)c3n12. The number of aryl methyl sites for hydroxylation is 1. The zero-order chi connectivity index (χ0) is 22.7. The Morgan fingerprint density at radius 3 is 2.70 bits per heavy atom. The lowest BCUT2D eigenvalue weighted by Gasteiger charge is -2.32. The number of aromatic nitrogens is 4. The molecule has 0 amide bonds. The van der Waals surface area contributed by atoms with Crippen molar-refractivity contribution in [3.05, 3.63) is 59.2 Å². The summed E-state index contributed by atoms with van der Waals surface area (Å²) in [4.78, 5) is 6.80. The lowest BCUT2D eigenvalue weighted by molar-refractivity contribution is 0.0921. The molecule has 1 fully saturated rings. The van der Waals surface area contributed by atoms with Crippen molar-refractivity contribution in [2.24, 2.45) is 5.41 Å². The highest BCUT2D eigenvalue weighted by Gasteiger charge is 2.50. The molecule has 4 aromatic rings. The third-order valence-electron chi connectivity index (χ3n) is 6.62. The van der Waals surface area contributed by atoms with E-state index in [0.29, 0.717) is 47.7 Å². The topological polar surface area (TPSA) is 46.3 Å². The second-order valence-electron chi connectivity index (χ2n) is 8.72. The Labute approximate surface area is 188 Å². The minimum absolute atomic E-state index is 0.329.